The van der Waals surface area contributed by atoms with E-state index < -0.39 is 22.5 Å². The number of nitrogens with zero attached hydrogens (tertiary/aromatic N) is 4. The first-order valence-electron chi connectivity index (χ1n) is 10.9. The Morgan fingerprint density at radius 2 is 1.81 bits per heavy atom. The van der Waals surface area contributed by atoms with Gasteiger partial charge >= 0.3 is 5.97 Å². The van der Waals surface area contributed by atoms with E-state index in [4.69, 9.17) is 27.9 Å². The highest BCUT2D eigenvalue weighted by atomic mass is 127. The number of sulfonamides is 1. The molecule has 0 aliphatic rings. The summed E-state index contributed by atoms with van der Waals surface area (Å²) in [5, 5.41) is 9.37. The maximum atomic E-state index is 13.7. The van der Waals surface area contributed by atoms with E-state index in [-0.39, 0.29) is 27.2 Å². The van der Waals surface area contributed by atoms with E-state index in [0.717, 1.165) is 25.3 Å². The predicted octanol–water partition coefficient (Wildman–Crippen LogP) is 5.87. The number of ether oxygens (including phenoxy) is 1. The van der Waals surface area contributed by atoms with Crippen molar-refractivity contribution in [3.05, 3.63) is 74.5 Å². The van der Waals surface area contributed by atoms with Crippen molar-refractivity contribution in [1.29, 1.82) is 0 Å². The van der Waals surface area contributed by atoms with Gasteiger partial charge in [0.15, 0.2) is 5.82 Å². The monoisotopic (exact) mass is 658 g/mol. The Labute approximate surface area is 232 Å². The van der Waals surface area contributed by atoms with Crippen LogP contribution in [-0.2, 0) is 19.6 Å². The third-order valence-electron chi connectivity index (χ3n) is 5.28. The molecule has 0 fully saturated rings. The largest absolute Gasteiger partial charge is 0.464 e. The molecule has 0 unspecified atom stereocenters. The van der Waals surface area contributed by atoms with E-state index in [1.807, 2.05) is 35.9 Å². The average Bonchev–Trinajstić information content (AvgIpc) is 3.26. The van der Waals surface area contributed by atoms with Gasteiger partial charge < -0.3 is 4.74 Å². The number of unbranched alkanes of at least 4 members (excludes halogenated alkanes) is 1. The van der Waals surface area contributed by atoms with Gasteiger partial charge in [-0.3, -0.25) is 13.7 Å². The average molecular weight is 659 g/mol. The fourth-order valence-corrected chi connectivity index (χ4v) is 5.95. The third kappa shape index (κ3) is 5.93. The van der Waals surface area contributed by atoms with Gasteiger partial charge in [0.25, 0.3) is 10.0 Å². The van der Waals surface area contributed by atoms with Crippen molar-refractivity contribution in [2.45, 2.75) is 24.7 Å². The molecule has 4 rings (SSSR count). The molecule has 0 aliphatic carbocycles. The van der Waals surface area contributed by atoms with Crippen LogP contribution in [0.5, 0.6) is 0 Å². The molecule has 2 heterocycles. The fourth-order valence-electron chi connectivity index (χ4n) is 3.54. The number of anilines is 1. The molecular weight excluding hydrogens is 638 g/mol. The maximum Gasteiger partial charge on any atom is 0.326 e. The lowest BCUT2D eigenvalue weighted by Crippen LogP contribution is -2.36. The van der Waals surface area contributed by atoms with Gasteiger partial charge in [0.1, 0.15) is 10.2 Å². The summed E-state index contributed by atoms with van der Waals surface area (Å²) >= 11 is 14.2. The van der Waals surface area contributed by atoms with Crippen molar-refractivity contribution in [1.82, 2.24) is 14.8 Å². The number of esters is 1. The predicted molar refractivity (Wildman–Crippen MR) is 148 cm³/mol. The zero-order valence-electron chi connectivity index (χ0n) is 19.1. The molecule has 0 saturated heterocycles. The van der Waals surface area contributed by atoms with Crippen LogP contribution in [0.25, 0.3) is 16.7 Å². The van der Waals surface area contributed by atoms with E-state index >= 15 is 0 Å². The summed E-state index contributed by atoms with van der Waals surface area (Å²) in [6.45, 7) is 1.67. The Balaban J connectivity index is 1.76. The van der Waals surface area contributed by atoms with Crippen LogP contribution in [0.4, 0.5) is 5.69 Å². The molecule has 0 atom stereocenters. The van der Waals surface area contributed by atoms with Crippen molar-refractivity contribution >= 4 is 78.4 Å². The van der Waals surface area contributed by atoms with Gasteiger partial charge in [-0.1, -0.05) is 36.5 Å². The Hall–Kier alpha value is -2.41. The second-order valence-corrected chi connectivity index (χ2v) is 11.7. The molecule has 36 heavy (non-hydrogen) atoms. The Bertz CT molecular complexity index is 1490. The zero-order valence-corrected chi connectivity index (χ0v) is 23.6. The van der Waals surface area contributed by atoms with Crippen LogP contribution in [0.1, 0.15) is 19.8 Å². The number of aromatic nitrogens is 3. The third-order valence-corrected chi connectivity index (χ3v) is 8.05. The van der Waals surface area contributed by atoms with Gasteiger partial charge in [-0.2, -0.15) is 0 Å². The summed E-state index contributed by atoms with van der Waals surface area (Å²) in [6.07, 6.45) is 3.35. The number of carbonyl (C=O) groups is 1. The van der Waals surface area contributed by atoms with E-state index in [9.17, 15) is 13.2 Å². The lowest BCUT2D eigenvalue weighted by molar-refractivity contribution is -0.141. The molecular formula is C24H21Cl2IN4O4S. The topological polar surface area (TPSA) is 94.4 Å². The minimum atomic E-state index is -4.21. The lowest BCUT2D eigenvalue weighted by atomic mass is 10.2. The first-order chi connectivity index (χ1) is 17.2. The summed E-state index contributed by atoms with van der Waals surface area (Å²) in [5.74, 6) is -0.0392. The van der Waals surface area contributed by atoms with Crippen molar-refractivity contribution in [2.24, 2.45) is 0 Å². The molecule has 4 aromatic rings. The second-order valence-electron chi connectivity index (χ2n) is 7.83. The van der Waals surface area contributed by atoms with Crippen molar-refractivity contribution in [2.75, 3.05) is 17.5 Å². The second kappa shape index (κ2) is 11.3. The molecule has 12 heteroatoms. The quantitative estimate of drug-likeness (QED) is 0.127. The number of hydrogen-bond donors (Lipinski definition) is 0. The molecule has 0 saturated carbocycles. The van der Waals surface area contributed by atoms with Crippen LogP contribution >= 0.6 is 45.8 Å². The maximum absolute atomic E-state index is 13.7. The van der Waals surface area contributed by atoms with Crippen molar-refractivity contribution in [3.8, 4) is 5.82 Å². The SMILES string of the molecule is CCCCOC(=O)CN(c1ccc2c(ccn2-c2ccc(I)nn2)c1)S(=O)(=O)c1cc(Cl)cc(Cl)c1. The molecule has 0 spiro atoms. The van der Waals surface area contributed by atoms with Crippen molar-refractivity contribution < 1.29 is 17.9 Å². The van der Waals surface area contributed by atoms with Crippen LogP contribution in [0.15, 0.2) is 65.7 Å². The van der Waals surface area contributed by atoms with Crippen LogP contribution in [0, 0.1) is 3.70 Å². The van der Waals surface area contributed by atoms with E-state index in [2.05, 4.69) is 32.8 Å². The van der Waals surface area contributed by atoms with Crippen LogP contribution in [0.2, 0.25) is 10.0 Å². The Morgan fingerprint density at radius 1 is 1.06 bits per heavy atom. The number of benzene rings is 2. The Kier molecular flexibility index (Phi) is 8.38. The Morgan fingerprint density at radius 3 is 2.47 bits per heavy atom. The number of fused-ring (bicyclic) bond motifs is 1. The number of rotatable bonds is 9. The smallest absolute Gasteiger partial charge is 0.326 e. The first kappa shape index (κ1) is 26.6. The summed E-state index contributed by atoms with van der Waals surface area (Å²) in [6, 6.07) is 14.6. The molecule has 0 amide bonds. The summed E-state index contributed by atoms with van der Waals surface area (Å²) in [7, 11) is -4.21. The molecule has 0 radical (unpaired) electrons. The highest BCUT2D eigenvalue weighted by Gasteiger charge is 2.29. The standard InChI is InChI=1S/C24H21Cl2IN4O4S/c1-2-3-10-35-24(32)15-31(36(33,34)20-13-17(25)12-18(26)14-20)19-4-5-21-16(11-19)8-9-30(21)23-7-6-22(27)28-29-23/h4-9,11-14H,2-3,10,15H2,1H3. The molecule has 0 N–H and O–H groups in total. The van der Waals surface area contributed by atoms with E-state index in [1.54, 1.807) is 18.2 Å². The van der Waals surface area contributed by atoms with Crippen molar-refractivity contribution in [3.63, 3.8) is 0 Å². The number of hydrogen-bond acceptors (Lipinski definition) is 6. The molecule has 0 bridgehead atoms. The van der Waals surface area contributed by atoms with E-state index in [0.29, 0.717) is 12.2 Å². The minimum Gasteiger partial charge on any atom is -0.464 e. The van der Waals surface area contributed by atoms with Crippen LogP contribution in [-0.4, -0.2) is 42.3 Å². The highest BCUT2D eigenvalue weighted by Crippen LogP contribution is 2.31. The van der Waals surface area contributed by atoms with Gasteiger partial charge in [0.05, 0.1) is 22.7 Å². The number of carbonyl (C=O) groups excluding carboxylic acids is 1. The van der Waals surface area contributed by atoms with Gasteiger partial charge in [0.2, 0.25) is 0 Å². The van der Waals surface area contributed by atoms with Gasteiger partial charge in [-0.25, -0.2) is 8.42 Å². The summed E-state index contributed by atoms with van der Waals surface area (Å²) in [5.41, 5.74) is 1.08. The van der Waals surface area contributed by atoms with Gasteiger partial charge in [0, 0.05) is 21.6 Å². The lowest BCUT2D eigenvalue weighted by Gasteiger charge is -2.24. The summed E-state index contributed by atoms with van der Waals surface area (Å²) < 4.78 is 36.2. The first-order valence-corrected chi connectivity index (χ1v) is 14.2. The normalized spacial score (nSPS) is 11.6. The molecule has 8 nitrogen and oxygen atoms in total. The summed E-state index contributed by atoms with van der Waals surface area (Å²) in [4.78, 5) is 12.5. The van der Waals surface area contributed by atoms with Crippen LogP contribution in [0.3, 0.4) is 0 Å². The molecule has 0 aliphatic heterocycles. The van der Waals surface area contributed by atoms with E-state index in [1.165, 1.54) is 18.2 Å². The van der Waals surface area contributed by atoms with Gasteiger partial charge in [-0.05, 0) is 83.6 Å². The highest BCUT2D eigenvalue weighted by molar-refractivity contribution is 14.1. The molecule has 2 aromatic carbocycles. The number of halogens is 3. The molecule has 188 valence electrons. The zero-order chi connectivity index (χ0) is 25.9. The minimum absolute atomic E-state index is 0.131. The molecule has 2 aromatic heterocycles. The van der Waals surface area contributed by atoms with Gasteiger partial charge in [-0.15, -0.1) is 10.2 Å². The fraction of sp³-hybridized carbons (Fsp3) is 0.208. The van der Waals surface area contributed by atoms with Crippen LogP contribution < -0.4 is 4.31 Å².